The Morgan fingerprint density at radius 1 is 1.35 bits per heavy atom. The first-order chi connectivity index (χ1) is 11.0. The number of hydrogen-bond donors (Lipinski definition) is 0. The third-order valence-corrected chi connectivity index (χ3v) is 3.62. The van der Waals surface area contributed by atoms with Crippen LogP contribution in [-0.2, 0) is 0 Å². The molecular weight excluding hydrogens is 298 g/mol. The van der Waals surface area contributed by atoms with Crippen LogP contribution in [0.5, 0.6) is 5.75 Å². The van der Waals surface area contributed by atoms with Gasteiger partial charge in [-0.15, -0.1) is 0 Å². The van der Waals surface area contributed by atoms with Crippen LogP contribution < -0.4 is 4.74 Å². The zero-order chi connectivity index (χ0) is 16.6. The Balaban J connectivity index is 2.09. The minimum atomic E-state index is -0.554. The van der Waals surface area contributed by atoms with E-state index >= 15 is 0 Å². The molecule has 0 bridgehead atoms. The summed E-state index contributed by atoms with van der Waals surface area (Å²) in [4.78, 5) is 27.2. The molecule has 7 heteroatoms. The number of aryl methyl sites for hydroxylation is 1. The number of nitro groups is 1. The number of rotatable bonds is 4. The van der Waals surface area contributed by atoms with Crippen molar-refractivity contribution in [3.8, 4) is 5.75 Å². The van der Waals surface area contributed by atoms with Gasteiger partial charge in [-0.1, -0.05) is 6.07 Å². The number of fused-ring (bicyclic) bond motifs is 1. The molecule has 0 radical (unpaired) electrons. The zero-order valence-electron chi connectivity index (χ0n) is 12.5. The van der Waals surface area contributed by atoms with Crippen molar-refractivity contribution >= 4 is 17.0 Å². The van der Waals surface area contributed by atoms with Gasteiger partial charge in [-0.3, -0.25) is 19.3 Å². The van der Waals surface area contributed by atoms with Crippen LogP contribution in [0.1, 0.15) is 21.7 Å². The van der Waals surface area contributed by atoms with E-state index in [9.17, 15) is 14.9 Å². The Hall–Kier alpha value is -3.22. The highest BCUT2D eigenvalue weighted by Gasteiger charge is 2.21. The molecule has 0 aliphatic rings. The van der Waals surface area contributed by atoms with E-state index in [1.807, 2.05) is 19.1 Å². The molecule has 3 rings (SSSR count). The van der Waals surface area contributed by atoms with Crippen molar-refractivity contribution in [3.63, 3.8) is 0 Å². The molecule has 2 heterocycles. The van der Waals surface area contributed by atoms with E-state index in [-0.39, 0.29) is 28.6 Å². The molecular formula is C16H13N3O4. The summed E-state index contributed by atoms with van der Waals surface area (Å²) >= 11 is 0. The summed E-state index contributed by atoms with van der Waals surface area (Å²) in [5.74, 6) is -0.0405. The molecule has 2 aromatic heterocycles. The Morgan fingerprint density at radius 3 is 2.83 bits per heavy atom. The van der Waals surface area contributed by atoms with Crippen molar-refractivity contribution in [3.05, 3.63) is 69.8 Å². The molecule has 116 valence electrons. The fourth-order valence-corrected chi connectivity index (χ4v) is 2.43. The molecule has 0 aliphatic heterocycles. The molecule has 3 aromatic rings. The number of carbonyl (C=O) groups is 1. The predicted octanol–water partition coefficient (Wildman–Crippen LogP) is 2.79. The largest absolute Gasteiger partial charge is 0.490 e. The summed E-state index contributed by atoms with van der Waals surface area (Å²) in [6, 6.07) is 7.78. The van der Waals surface area contributed by atoms with E-state index in [2.05, 4.69) is 4.98 Å². The van der Waals surface area contributed by atoms with Crippen molar-refractivity contribution in [2.75, 3.05) is 7.11 Å². The number of carbonyl (C=O) groups excluding carboxylic acids is 1. The Morgan fingerprint density at radius 2 is 2.13 bits per heavy atom. The maximum atomic E-state index is 12.7. The lowest BCUT2D eigenvalue weighted by molar-refractivity contribution is -0.385. The van der Waals surface area contributed by atoms with Crippen LogP contribution in [0.15, 0.2) is 42.7 Å². The third kappa shape index (κ3) is 2.42. The Kier molecular flexibility index (Phi) is 3.53. The Labute approximate surface area is 131 Å². The van der Waals surface area contributed by atoms with Crippen LogP contribution in [0.2, 0.25) is 0 Å². The van der Waals surface area contributed by atoms with E-state index < -0.39 is 4.92 Å². The molecule has 23 heavy (non-hydrogen) atoms. The lowest BCUT2D eigenvalue weighted by Gasteiger charge is -2.05. The number of hydrogen-bond acceptors (Lipinski definition) is 5. The number of methoxy groups -OCH3 is 1. The van der Waals surface area contributed by atoms with Gasteiger partial charge in [0.1, 0.15) is 0 Å². The van der Waals surface area contributed by atoms with Gasteiger partial charge in [0, 0.05) is 17.8 Å². The summed E-state index contributed by atoms with van der Waals surface area (Å²) in [5.41, 5.74) is 1.93. The van der Waals surface area contributed by atoms with Gasteiger partial charge >= 0.3 is 5.69 Å². The molecule has 0 spiro atoms. The summed E-state index contributed by atoms with van der Waals surface area (Å²) in [5, 5.41) is 10.9. The number of benzene rings is 1. The van der Waals surface area contributed by atoms with Gasteiger partial charge in [0.05, 0.1) is 23.7 Å². The predicted molar refractivity (Wildman–Crippen MR) is 83.0 cm³/mol. The smallest absolute Gasteiger partial charge is 0.310 e. The van der Waals surface area contributed by atoms with Gasteiger partial charge in [-0.05, 0) is 30.7 Å². The Bertz CT molecular complexity index is 930. The van der Waals surface area contributed by atoms with Crippen LogP contribution in [0.3, 0.4) is 0 Å². The van der Waals surface area contributed by atoms with Crippen LogP contribution in [-0.4, -0.2) is 27.2 Å². The van der Waals surface area contributed by atoms with E-state index in [1.54, 1.807) is 16.8 Å². The average molecular weight is 311 g/mol. The number of imidazole rings is 1. The second-order valence-corrected chi connectivity index (χ2v) is 5.00. The highest BCUT2D eigenvalue weighted by atomic mass is 16.6. The van der Waals surface area contributed by atoms with Crippen LogP contribution in [0.4, 0.5) is 5.69 Å². The number of ketones is 1. The topological polar surface area (TPSA) is 86.7 Å². The van der Waals surface area contributed by atoms with E-state index in [4.69, 9.17) is 4.74 Å². The molecule has 0 atom stereocenters. The first kappa shape index (κ1) is 14.7. The first-order valence-electron chi connectivity index (χ1n) is 6.82. The van der Waals surface area contributed by atoms with Gasteiger partial charge < -0.3 is 4.74 Å². The van der Waals surface area contributed by atoms with E-state index in [0.717, 1.165) is 11.1 Å². The van der Waals surface area contributed by atoms with Gasteiger partial charge in [-0.25, -0.2) is 4.98 Å². The maximum Gasteiger partial charge on any atom is 0.310 e. The molecule has 0 fully saturated rings. The summed E-state index contributed by atoms with van der Waals surface area (Å²) < 4.78 is 6.70. The SMILES string of the molecule is COc1cc(C(=O)c2ncc3c(C)cccn23)ccc1[N+](=O)[O-]. The normalized spacial score (nSPS) is 10.7. The first-order valence-corrected chi connectivity index (χ1v) is 6.82. The molecule has 0 unspecified atom stereocenters. The highest BCUT2D eigenvalue weighted by Crippen LogP contribution is 2.28. The minimum absolute atomic E-state index is 0.0397. The van der Waals surface area contributed by atoms with E-state index in [0.29, 0.717) is 0 Å². The molecule has 0 saturated heterocycles. The number of nitro benzene ring substituents is 1. The summed E-state index contributed by atoms with van der Waals surface area (Å²) in [6.07, 6.45) is 3.39. The van der Waals surface area contributed by atoms with Crippen LogP contribution >= 0.6 is 0 Å². The maximum absolute atomic E-state index is 12.7. The minimum Gasteiger partial charge on any atom is -0.490 e. The van der Waals surface area contributed by atoms with Gasteiger partial charge in [0.15, 0.2) is 11.6 Å². The molecule has 0 saturated carbocycles. The monoisotopic (exact) mass is 311 g/mol. The summed E-state index contributed by atoms with van der Waals surface area (Å²) in [7, 11) is 1.32. The molecule has 0 amide bonds. The lowest BCUT2D eigenvalue weighted by atomic mass is 10.1. The summed E-state index contributed by atoms with van der Waals surface area (Å²) in [6.45, 7) is 1.93. The number of aromatic nitrogens is 2. The standard InChI is InChI=1S/C16H13N3O4/c1-10-4-3-7-18-13(10)9-17-16(18)15(20)11-5-6-12(19(21)22)14(8-11)23-2/h3-9H,1-2H3. The van der Waals surface area contributed by atoms with Crippen LogP contribution in [0, 0.1) is 17.0 Å². The highest BCUT2D eigenvalue weighted by molar-refractivity contribution is 6.07. The van der Waals surface area contributed by atoms with Gasteiger partial charge in [0.25, 0.3) is 0 Å². The fraction of sp³-hybridized carbons (Fsp3) is 0.125. The van der Waals surface area contributed by atoms with Crippen molar-refractivity contribution in [1.82, 2.24) is 9.38 Å². The average Bonchev–Trinajstić information content (AvgIpc) is 2.98. The van der Waals surface area contributed by atoms with Crippen molar-refractivity contribution < 1.29 is 14.5 Å². The van der Waals surface area contributed by atoms with Crippen molar-refractivity contribution in [1.29, 1.82) is 0 Å². The molecule has 7 nitrogen and oxygen atoms in total. The van der Waals surface area contributed by atoms with Gasteiger partial charge in [0.2, 0.25) is 5.78 Å². The lowest BCUT2D eigenvalue weighted by Crippen LogP contribution is -2.08. The molecule has 0 aliphatic carbocycles. The fourth-order valence-electron chi connectivity index (χ4n) is 2.43. The second kappa shape index (κ2) is 5.53. The van der Waals surface area contributed by atoms with Crippen molar-refractivity contribution in [2.45, 2.75) is 6.92 Å². The second-order valence-electron chi connectivity index (χ2n) is 5.00. The molecule has 0 N–H and O–H groups in total. The number of ether oxygens (including phenoxy) is 1. The number of pyridine rings is 1. The quantitative estimate of drug-likeness (QED) is 0.420. The van der Waals surface area contributed by atoms with Crippen molar-refractivity contribution in [2.24, 2.45) is 0 Å². The van der Waals surface area contributed by atoms with Crippen LogP contribution in [0.25, 0.3) is 5.52 Å². The third-order valence-electron chi connectivity index (χ3n) is 3.62. The number of nitrogens with zero attached hydrogens (tertiary/aromatic N) is 3. The molecule has 1 aromatic carbocycles. The zero-order valence-corrected chi connectivity index (χ0v) is 12.5. The van der Waals surface area contributed by atoms with E-state index in [1.165, 1.54) is 25.3 Å². The van der Waals surface area contributed by atoms with Gasteiger partial charge in [-0.2, -0.15) is 0 Å².